The number of carbonyl (C=O) groups is 1. The molecule has 1 aromatic carbocycles. The first kappa shape index (κ1) is 15.5. The molecule has 110 valence electrons. The van der Waals surface area contributed by atoms with Gasteiger partial charge in [-0.1, -0.05) is 37.8 Å². The molecule has 5 heteroatoms. The molecule has 1 saturated carbocycles. The second kappa shape index (κ2) is 6.72. The zero-order valence-electron chi connectivity index (χ0n) is 11.5. The standard InChI is InChI=1S/C15H19ClO3S/c1-2-10-5-3-4-6-14(10)20(19)11-7-8-13(16)12(9-11)15(17)18/h7-10,14H,2-6H2,1H3,(H,17,18). The van der Waals surface area contributed by atoms with Crippen LogP contribution in [0, 0.1) is 5.92 Å². The zero-order valence-corrected chi connectivity index (χ0v) is 13.0. The number of hydrogen-bond acceptors (Lipinski definition) is 2. The van der Waals surface area contributed by atoms with Crippen molar-refractivity contribution in [2.45, 2.75) is 49.2 Å². The molecule has 3 nitrogen and oxygen atoms in total. The van der Waals surface area contributed by atoms with Crippen LogP contribution in [0.4, 0.5) is 0 Å². The van der Waals surface area contributed by atoms with Gasteiger partial charge in [-0.15, -0.1) is 0 Å². The number of carboxylic acid groups (broad SMARTS) is 1. The summed E-state index contributed by atoms with van der Waals surface area (Å²) in [5, 5.41) is 9.42. The van der Waals surface area contributed by atoms with Gasteiger partial charge in [0, 0.05) is 10.1 Å². The molecule has 1 aliphatic carbocycles. The first-order valence-corrected chi connectivity index (χ1v) is 8.57. The number of rotatable bonds is 4. The van der Waals surface area contributed by atoms with E-state index < -0.39 is 16.8 Å². The molecule has 1 aromatic rings. The van der Waals surface area contributed by atoms with Gasteiger partial charge in [-0.05, 0) is 37.0 Å². The second-order valence-corrected chi connectivity index (χ2v) is 7.31. The highest BCUT2D eigenvalue weighted by Crippen LogP contribution is 2.33. The van der Waals surface area contributed by atoms with Gasteiger partial charge in [0.1, 0.15) is 0 Å². The Morgan fingerprint density at radius 3 is 2.75 bits per heavy atom. The molecule has 3 atom stereocenters. The van der Waals surface area contributed by atoms with Crippen LogP contribution in [-0.4, -0.2) is 20.5 Å². The monoisotopic (exact) mass is 314 g/mol. The van der Waals surface area contributed by atoms with E-state index in [9.17, 15) is 9.00 Å². The van der Waals surface area contributed by atoms with Crippen molar-refractivity contribution in [3.63, 3.8) is 0 Å². The first-order chi connectivity index (χ1) is 9.54. The average Bonchev–Trinajstić information content (AvgIpc) is 2.46. The zero-order chi connectivity index (χ0) is 14.7. The smallest absolute Gasteiger partial charge is 0.337 e. The number of benzene rings is 1. The molecule has 0 aromatic heterocycles. The van der Waals surface area contributed by atoms with Crippen molar-refractivity contribution in [3.05, 3.63) is 28.8 Å². The Morgan fingerprint density at radius 2 is 2.10 bits per heavy atom. The lowest BCUT2D eigenvalue weighted by Gasteiger charge is -2.30. The fourth-order valence-electron chi connectivity index (χ4n) is 2.89. The summed E-state index contributed by atoms with van der Waals surface area (Å²) in [6.45, 7) is 2.13. The highest BCUT2D eigenvalue weighted by molar-refractivity contribution is 7.85. The van der Waals surface area contributed by atoms with Crippen LogP contribution in [0.1, 0.15) is 49.4 Å². The topological polar surface area (TPSA) is 54.4 Å². The van der Waals surface area contributed by atoms with Gasteiger partial charge < -0.3 is 5.11 Å². The van der Waals surface area contributed by atoms with Crippen LogP contribution in [0.15, 0.2) is 23.1 Å². The summed E-state index contributed by atoms with van der Waals surface area (Å²) in [5.41, 5.74) is 0.0291. The molecule has 0 saturated heterocycles. The summed E-state index contributed by atoms with van der Waals surface area (Å²) in [4.78, 5) is 11.7. The van der Waals surface area contributed by atoms with Gasteiger partial charge >= 0.3 is 5.97 Å². The van der Waals surface area contributed by atoms with Crippen LogP contribution in [-0.2, 0) is 10.8 Å². The normalized spacial score (nSPS) is 24.3. The molecule has 1 fully saturated rings. The number of halogens is 1. The molecule has 0 bridgehead atoms. The van der Waals surface area contributed by atoms with E-state index in [0.717, 1.165) is 25.7 Å². The van der Waals surface area contributed by atoms with Crippen LogP contribution in [0.3, 0.4) is 0 Å². The van der Waals surface area contributed by atoms with E-state index in [1.54, 1.807) is 6.07 Å². The lowest BCUT2D eigenvalue weighted by atomic mass is 9.87. The molecule has 1 N–H and O–H groups in total. The Hall–Kier alpha value is -0.870. The molecular weight excluding hydrogens is 296 g/mol. The molecule has 0 aliphatic heterocycles. The van der Waals surface area contributed by atoms with E-state index in [2.05, 4.69) is 6.92 Å². The largest absolute Gasteiger partial charge is 0.478 e. The summed E-state index contributed by atoms with van der Waals surface area (Å²) in [7, 11) is -1.16. The summed E-state index contributed by atoms with van der Waals surface area (Å²) in [5.74, 6) is -0.613. The Morgan fingerprint density at radius 1 is 1.40 bits per heavy atom. The van der Waals surface area contributed by atoms with Gasteiger partial charge in [0.2, 0.25) is 0 Å². The van der Waals surface area contributed by atoms with Crippen molar-refractivity contribution >= 4 is 28.4 Å². The van der Waals surface area contributed by atoms with Gasteiger partial charge in [0.15, 0.2) is 0 Å². The molecule has 3 unspecified atom stereocenters. The van der Waals surface area contributed by atoms with Crippen LogP contribution < -0.4 is 0 Å². The predicted molar refractivity (Wildman–Crippen MR) is 80.9 cm³/mol. The van der Waals surface area contributed by atoms with E-state index in [1.165, 1.54) is 18.6 Å². The minimum absolute atomic E-state index is 0.0291. The first-order valence-electron chi connectivity index (χ1n) is 6.98. The number of hydrogen-bond donors (Lipinski definition) is 1. The van der Waals surface area contributed by atoms with Gasteiger partial charge in [0.05, 0.1) is 21.4 Å². The van der Waals surface area contributed by atoms with Crippen molar-refractivity contribution in [1.82, 2.24) is 0 Å². The Labute approximate surface area is 126 Å². The average molecular weight is 315 g/mol. The van der Waals surface area contributed by atoms with Crippen molar-refractivity contribution in [2.24, 2.45) is 5.92 Å². The molecule has 0 radical (unpaired) electrons. The highest BCUT2D eigenvalue weighted by Gasteiger charge is 2.29. The van der Waals surface area contributed by atoms with E-state index in [1.807, 2.05) is 0 Å². The Balaban J connectivity index is 2.28. The SMILES string of the molecule is CCC1CCCCC1S(=O)c1ccc(Cl)c(C(=O)O)c1. The lowest BCUT2D eigenvalue weighted by molar-refractivity contribution is 0.0697. The molecule has 0 heterocycles. The highest BCUT2D eigenvalue weighted by atomic mass is 35.5. The third kappa shape index (κ3) is 3.23. The van der Waals surface area contributed by atoms with Crippen LogP contribution in [0.5, 0.6) is 0 Å². The quantitative estimate of drug-likeness (QED) is 0.909. The Bertz CT molecular complexity index is 530. The van der Waals surface area contributed by atoms with E-state index in [4.69, 9.17) is 16.7 Å². The predicted octanol–water partition coefficient (Wildman–Crippen LogP) is 4.11. The molecule has 0 amide bonds. The van der Waals surface area contributed by atoms with Crippen molar-refractivity contribution in [1.29, 1.82) is 0 Å². The van der Waals surface area contributed by atoms with Gasteiger partial charge in [-0.2, -0.15) is 0 Å². The molecule has 20 heavy (non-hydrogen) atoms. The van der Waals surface area contributed by atoms with Crippen molar-refractivity contribution in [2.75, 3.05) is 0 Å². The molecule has 2 rings (SSSR count). The Kier molecular flexibility index (Phi) is 5.22. The lowest BCUT2D eigenvalue weighted by Crippen LogP contribution is -2.28. The summed E-state index contributed by atoms with van der Waals surface area (Å²) >= 11 is 5.86. The van der Waals surface area contributed by atoms with Crippen LogP contribution >= 0.6 is 11.6 Å². The van der Waals surface area contributed by atoms with Gasteiger partial charge in [-0.3, -0.25) is 4.21 Å². The minimum Gasteiger partial charge on any atom is -0.478 e. The fourth-order valence-corrected chi connectivity index (χ4v) is 4.93. The second-order valence-electron chi connectivity index (χ2n) is 5.24. The van der Waals surface area contributed by atoms with Crippen LogP contribution in [0.2, 0.25) is 5.02 Å². The maximum absolute atomic E-state index is 12.7. The third-order valence-electron chi connectivity index (χ3n) is 4.04. The molecular formula is C15H19ClO3S. The maximum atomic E-state index is 12.7. The summed E-state index contributed by atoms with van der Waals surface area (Å²) < 4.78 is 12.7. The van der Waals surface area contributed by atoms with Crippen molar-refractivity contribution in [3.8, 4) is 0 Å². The summed E-state index contributed by atoms with van der Waals surface area (Å²) in [6, 6.07) is 4.68. The maximum Gasteiger partial charge on any atom is 0.337 e. The van der Waals surface area contributed by atoms with Gasteiger partial charge in [0.25, 0.3) is 0 Å². The number of aromatic carboxylic acids is 1. The molecule has 1 aliphatic rings. The number of carboxylic acids is 1. The van der Waals surface area contributed by atoms with Crippen molar-refractivity contribution < 1.29 is 14.1 Å². The summed E-state index contributed by atoms with van der Waals surface area (Å²) in [6.07, 6.45) is 5.40. The van der Waals surface area contributed by atoms with E-state index in [0.29, 0.717) is 10.8 Å². The third-order valence-corrected chi connectivity index (χ3v) is 6.26. The fraction of sp³-hybridized carbons (Fsp3) is 0.533. The van der Waals surface area contributed by atoms with Crippen LogP contribution in [0.25, 0.3) is 0 Å². The molecule has 0 spiro atoms. The van der Waals surface area contributed by atoms with Gasteiger partial charge in [-0.25, -0.2) is 4.79 Å². The van der Waals surface area contributed by atoms with E-state index >= 15 is 0 Å². The van der Waals surface area contributed by atoms with E-state index in [-0.39, 0.29) is 15.8 Å². The minimum atomic E-state index is -1.16.